The molecule has 0 saturated heterocycles. The van der Waals surface area contributed by atoms with Gasteiger partial charge in [0.05, 0.1) is 25.5 Å². The lowest BCUT2D eigenvalue weighted by Gasteiger charge is -2.19. The van der Waals surface area contributed by atoms with E-state index < -0.39 is 6.10 Å². The Kier molecular flexibility index (Phi) is 5.80. The maximum atomic E-state index is 10.7. The van der Waals surface area contributed by atoms with Crippen LogP contribution in [0.15, 0.2) is 69.0 Å². The fourth-order valence-electron chi connectivity index (χ4n) is 3.70. The van der Waals surface area contributed by atoms with Crippen LogP contribution in [0.1, 0.15) is 12.8 Å². The number of ether oxygens (including phenoxy) is 1. The minimum atomic E-state index is -0.500. The van der Waals surface area contributed by atoms with Gasteiger partial charge in [0.1, 0.15) is 0 Å². The molecule has 0 amide bonds. The van der Waals surface area contributed by atoms with Crippen LogP contribution in [0.3, 0.4) is 0 Å². The van der Waals surface area contributed by atoms with Gasteiger partial charge in [-0.3, -0.25) is 0 Å². The Morgan fingerprint density at radius 3 is 2.21 bits per heavy atom. The number of rotatable bonds is 6. The second-order valence-electron chi connectivity index (χ2n) is 7.00. The summed E-state index contributed by atoms with van der Waals surface area (Å²) in [7, 11) is 1.70. The third-order valence-corrected chi connectivity index (χ3v) is 6.11. The lowest BCUT2D eigenvalue weighted by atomic mass is 10.1. The second kappa shape index (κ2) is 8.31. The second-order valence-corrected chi connectivity index (χ2v) is 8.83. The van der Waals surface area contributed by atoms with Gasteiger partial charge in [0.2, 0.25) is 0 Å². The van der Waals surface area contributed by atoms with Gasteiger partial charge in [0, 0.05) is 49.4 Å². The first kappa shape index (κ1) is 19.6. The molecule has 3 aromatic rings. The third-order valence-electron chi connectivity index (χ3n) is 5.12. The van der Waals surface area contributed by atoms with Gasteiger partial charge in [-0.05, 0) is 55.0 Å². The van der Waals surface area contributed by atoms with E-state index in [-0.39, 0.29) is 0 Å². The SMILES string of the molecule is COC1=CC=C(NCC(O)Cn2c3ccc(Br)cc3c3cc(Br)ccc32)CC1. The highest BCUT2D eigenvalue weighted by Gasteiger charge is 2.15. The summed E-state index contributed by atoms with van der Waals surface area (Å²) in [5.74, 6) is 0.994. The molecule has 1 unspecified atom stereocenters. The number of methoxy groups -OCH3 is 1. The van der Waals surface area contributed by atoms with Crippen molar-refractivity contribution in [3.05, 3.63) is 69.0 Å². The first-order valence-corrected chi connectivity index (χ1v) is 10.9. The van der Waals surface area contributed by atoms with Crippen LogP contribution in [0, 0.1) is 0 Å². The number of hydrogen-bond acceptors (Lipinski definition) is 3. The van der Waals surface area contributed by atoms with Crippen LogP contribution in [0.4, 0.5) is 0 Å². The van der Waals surface area contributed by atoms with Crippen LogP contribution in [0.25, 0.3) is 21.8 Å². The predicted molar refractivity (Wildman–Crippen MR) is 121 cm³/mol. The van der Waals surface area contributed by atoms with Gasteiger partial charge in [-0.1, -0.05) is 31.9 Å². The number of benzene rings is 2. The summed E-state index contributed by atoms with van der Waals surface area (Å²) < 4.78 is 9.57. The minimum Gasteiger partial charge on any atom is -0.501 e. The highest BCUT2D eigenvalue weighted by atomic mass is 79.9. The molecule has 2 aromatic carbocycles. The van der Waals surface area contributed by atoms with Crippen molar-refractivity contribution in [1.82, 2.24) is 9.88 Å². The van der Waals surface area contributed by atoms with Crippen molar-refractivity contribution in [2.75, 3.05) is 13.7 Å². The number of allylic oxidation sites excluding steroid dienone is 4. The van der Waals surface area contributed by atoms with E-state index in [1.807, 2.05) is 24.3 Å². The zero-order valence-corrected chi connectivity index (χ0v) is 18.8. The molecule has 1 aliphatic carbocycles. The Hall–Kier alpha value is -1.76. The van der Waals surface area contributed by atoms with Gasteiger partial charge in [-0.2, -0.15) is 0 Å². The van der Waals surface area contributed by atoms with Crippen LogP contribution < -0.4 is 5.32 Å². The average Bonchev–Trinajstić information content (AvgIpc) is 2.99. The van der Waals surface area contributed by atoms with Crippen LogP contribution in [-0.4, -0.2) is 29.4 Å². The Bertz CT molecular complexity index is 1030. The predicted octanol–water partition coefficient (Wildman–Crippen LogP) is 5.48. The molecule has 1 heterocycles. The Morgan fingerprint density at radius 2 is 1.68 bits per heavy atom. The first-order chi connectivity index (χ1) is 13.5. The lowest BCUT2D eigenvalue weighted by molar-refractivity contribution is 0.157. The lowest BCUT2D eigenvalue weighted by Crippen LogP contribution is -2.30. The molecule has 4 nitrogen and oxygen atoms in total. The fraction of sp³-hybridized carbons (Fsp3) is 0.273. The monoisotopic (exact) mass is 504 g/mol. The van der Waals surface area contributed by atoms with E-state index in [9.17, 15) is 5.11 Å². The Balaban J connectivity index is 1.57. The van der Waals surface area contributed by atoms with Crippen molar-refractivity contribution in [1.29, 1.82) is 0 Å². The van der Waals surface area contributed by atoms with Gasteiger partial charge in [0.15, 0.2) is 0 Å². The van der Waals surface area contributed by atoms with E-state index in [1.54, 1.807) is 7.11 Å². The molecular weight excluding hydrogens is 484 g/mol. The molecule has 0 bridgehead atoms. The molecule has 0 aliphatic heterocycles. The molecule has 146 valence electrons. The number of nitrogens with one attached hydrogen (secondary N) is 1. The summed E-state index contributed by atoms with van der Waals surface area (Å²) >= 11 is 7.15. The molecule has 6 heteroatoms. The van der Waals surface area contributed by atoms with Crippen molar-refractivity contribution < 1.29 is 9.84 Å². The standard InChI is InChI=1S/C22H22Br2N2O2/c1-28-18-6-4-16(5-7-18)25-12-17(27)13-26-21-8-2-14(23)10-19(21)20-11-15(24)3-9-22(20)26/h2-4,6,8-11,17,25,27H,5,7,12-13H2,1H3. The van der Waals surface area contributed by atoms with Gasteiger partial charge >= 0.3 is 0 Å². The maximum Gasteiger partial charge on any atom is 0.0959 e. The van der Waals surface area contributed by atoms with Crippen LogP contribution in [0.2, 0.25) is 0 Å². The van der Waals surface area contributed by atoms with Crippen LogP contribution in [-0.2, 0) is 11.3 Å². The van der Waals surface area contributed by atoms with Crippen LogP contribution in [0.5, 0.6) is 0 Å². The first-order valence-electron chi connectivity index (χ1n) is 9.28. The van der Waals surface area contributed by atoms with E-state index in [0.29, 0.717) is 13.1 Å². The van der Waals surface area contributed by atoms with Crippen molar-refractivity contribution in [2.24, 2.45) is 0 Å². The number of halogens is 2. The average molecular weight is 506 g/mol. The van der Waals surface area contributed by atoms with Crippen molar-refractivity contribution >= 4 is 53.7 Å². The van der Waals surface area contributed by atoms with E-state index in [4.69, 9.17) is 4.74 Å². The molecule has 2 N–H and O–H groups in total. The summed E-state index contributed by atoms with van der Waals surface area (Å²) in [5, 5.41) is 16.4. The Labute approximate surface area is 181 Å². The topological polar surface area (TPSA) is 46.4 Å². The highest BCUT2D eigenvalue weighted by molar-refractivity contribution is 9.10. The molecule has 0 radical (unpaired) electrons. The summed E-state index contributed by atoms with van der Waals surface area (Å²) in [6, 6.07) is 12.6. The number of aliphatic hydroxyl groups excluding tert-OH is 1. The van der Waals surface area contributed by atoms with Gasteiger partial charge in [-0.15, -0.1) is 0 Å². The van der Waals surface area contributed by atoms with Crippen LogP contribution >= 0.6 is 31.9 Å². The zero-order chi connectivity index (χ0) is 19.7. The van der Waals surface area contributed by atoms with E-state index in [1.165, 1.54) is 10.8 Å². The molecule has 1 atom stereocenters. The summed E-state index contributed by atoms with van der Waals surface area (Å²) in [6.07, 6.45) is 5.32. The summed E-state index contributed by atoms with van der Waals surface area (Å²) in [5.41, 5.74) is 3.38. The zero-order valence-electron chi connectivity index (χ0n) is 15.6. The molecule has 1 aliphatic rings. The van der Waals surface area contributed by atoms with E-state index in [2.05, 4.69) is 66.0 Å². The number of nitrogens with zero attached hydrogens (tertiary/aromatic N) is 1. The van der Waals surface area contributed by atoms with Crippen molar-refractivity contribution in [2.45, 2.75) is 25.5 Å². The molecule has 0 spiro atoms. The highest BCUT2D eigenvalue weighted by Crippen LogP contribution is 2.33. The fourth-order valence-corrected chi connectivity index (χ4v) is 4.43. The molecule has 0 saturated carbocycles. The van der Waals surface area contributed by atoms with Gasteiger partial charge in [0.25, 0.3) is 0 Å². The molecule has 28 heavy (non-hydrogen) atoms. The summed E-state index contributed by atoms with van der Waals surface area (Å²) in [4.78, 5) is 0. The number of fused-ring (bicyclic) bond motifs is 3. The smallest absolute Gasteiger partial charge is 0.0959 e. The number of aliphatic hydroxyl groups is 1. The maximum absolute atomic E-state index is 10.7. The van der Waals surface area contributed by atoms with E-state index >= 15 is 0 Å². The minimum absolute atomic E-state index is 0.500. The van der Waals surface area contributed by atoms with E-state index in [0.717, 1.165) is 44.3 Å². The number of hydrogen-bond donors (Lipinski definition) is 2. The van der Waals surface area contributed by atoms with Gasteiger partial charge < -0.3 is 19.7 Å². The third kappa shape index (κ3) is 4.00. The van der Waals surface area contributed by atoms with Crippen molar-refractivity contribution in [3.8, 4) is 0 Å². The normalized spacial score (nSPS) is 15.4. The Morgan fingerprint density at radius 1 is 1.04 bits per heavy atom. The van der Waals surface area contributed by atoms with Gasteiger partial charge in [-0.25, -0.2) is 0 Å². The molecule has 0 fully saturated rings. The molecule has 1 aromatic heterocycles. The molecule has 4 rings (SSSR count). The largest absolute Gasteiger partial charge is 0.501 e. The summed E-state index contributed by atoms with van der Waals surface area (Å²) in [6.45, 7) is 1.04. The number of aromatic nitrogens is 1. The quantitative estimate of drug-likeness (QED) is 0.466. The van der Waals surface area contributed by atoms with Crippen molar-refractivity contribution in [3.63, 3.8) is 0 Å². The molecular formula is C22H22Br2N2O2.